The summed E-state index contributed by atoms with van der Waals surface area (Å²) in [5, 5.41) is 0. The minimum Gasteiger partial charge on any atom is -0.493 e. The Balaban J connectivity index is 1.67. The fourth-order valence-corrected chi connectivity index (χ4v) is 2.95. The number of hydrogen-bond acceptors (Lipinski definition) is 6. The number of ether oxygens (including phenoxy) is 5. The molecule has 0 N–H and O–H groups in total. The number of para-hydroxylation sites is 2. The van der Waals surface area contributed by atoms with Crippen LogP contribution in [-0.2, 0) is 22.6 Å². The topological polar surface area (TPSA) is 63.2 Å². The van der Waals surface area contributed by atoms with Gasteiger partial charge in [-0.2, -0.15) is 0 Å². The van der Waals surface area contributed by atoms with Crippen LogP contribution in [0.15, 0.2) is 66.7 Å². The molecule has 0 aliphatic rings. The molecule has 6 nitrogen and oxygen atoms in total. The first-order valence-electron chi connectivity index (χ1n) is 9.40. The van der Waals surface area contributed by atoms with Gasteiger partial charge >= 0.3 is 5.97 Å². The molecule has 3 aromatic carbocycles. The number of methoxy groups -OCH3 is 3. The molecular weight excluding hydrogens is 384 g/mol. The van der Waals surface area contributed by atoms with Crippen molar-refractivity contribution in [2.75, 3.05) is 21.3 Å². The summed E-state index contributed by atoms with van der Waals surface area (Å²) in [5.74, 6) is 2.43. The summed E-state index contributed by atoms with van der Waals surface area (Å²) >= 11 is 0. The van der Waals surface area contributed by atoms with Gasteiger partial charge in [0.15, 0.2) is 11.5 Å². The van der Waals surface area contributed by atoms with Crippen LogP contribution in [0.2, 0.25) is 0 Å². The summed E-state index contributed by atoms with van der Waals surface area (Å²) in [6.45, 7) is 0.103. The molecule has 0 amide bonds. The van der Waals surface area contributed by atoms with E-state index in [0.717, 1.165) is 5.56 Å². The molecule has 0 aliphatic heterocycles. The average molecular weight is 408 g/mol. The number of esters is 1. The third kappa shape index (κ3) is 5.23. The highest BCUT2D eigenvalue weighted by Crippen LogP contribution is 2.38. The molecule has 0 fully saturated rings. The third-order valence-corrected chi connectivity index (χ3v) is 4.41. The standard InChI is InChI=1S/C24H24O6/c1-26-21-13-17(14-22(27-2)24(21)28-3)15-23(25)29-16-18-9-7-8-12-20(18)30-19-10-5-4-6-11-19/h4-14H,15-16H2,1-3H3. The number of hydrogen-bond donors (Lipinski definition) is 0. The first-order valence-corrected chi connectivity index (χ1v) is 9.40. The Morgan fingerprint density at radius 3 is 2.03 bits per heavy atom. The maximum Gasteiger partial charge on any atom is 0.310 e. The van der Waals surface area contributed by atoms with E-state index in [1.165, 1.54) is 21.3 Å². The fraction of sp³-hybridized carbons (Fsp3) is 0.208. The van der Waals surface area contributed by atoms with E-state index >= 15 is 0 Å². The zero-order valence-electron chi connectivity index (χ0n) is 17.2. The molecule has 0 unspecified atom stereocenters. The smallest absolute Gasteiger partial charge is 0.310 e. The van der Waals surface area contributed by atoms with Gasteiger partial charge in [-0.3, -0.25) is 4.79 Å². The van der Waals surface area contributed by atoms with Gasteiger partial charge in [0.25, 0.3) is 0 Å². The van der Waals surface area contributed by atoms with Crippen molar-refractivity contribution < 1.29 is 28.5 Å². The van der Waals surface area contributed by atoms with Crippen LogP contribution in [0.1, 0.15) is 11.1 Å². The summed E-state index contributed by atoms with van der Waals surface area (Å²) in [5.41, 5.74) is 1.47. The van der Waals surface area contributed by atoms with Gasteiger partial charge in [-0.1, -0.05) is 36.4 Å². The second-order valence-electron chi connectivity index (χ2n) is 6.39. The lowest BCUT2D eigenvalue weighted by Gasteiger charge is -2.14. The second kappa shape index (κ2) is 10.2. The molecule has 0 spiro atoms. The SMILES string of the molecule is COc1cc(CC(=O)OCc2ccccc2Oc2ccccc2)cc(OC)c1OC. The first-order chi connectivity index (χ1) is 14.6. The van der Waals surface area contributed by atoms with E-state index in [2.05, 4.69) is 0 Å². The molecule has 0 radical (unpaired) electrons. The van der Waals surface area contributed by atoms with Gasteiger partial charge in [0.05, 0.1) is 27.8 Å². The molecule has 3 rings (SSSR count). The summed E-state index contributed by atoms with van der Waals surface area (Å²) < 4.78 is 27.4. The number of benzene rings is 3. The van der Waals surface area contributed by atoms with Crippen LogP contribution >= 0.6 is 0 Å². The Labute approximate surface area is 175 Å². The van der Waals surface area contributed by atoms with Gasteiger partial charge in [-0.25, -0.2) is 0 Å². The summed E-state index contributed by atoms with van der Waals surface area (Å²) in [6, 6.07) is 20.4. The van der Waals surface area contributed by atoms with Crippen LogP contribution in [0.4, 0.5) is 0 Å². The van der Waals surface area contributed by atoms with Crippen LogP contribution in [-0.4, -0.2) is 27.3 Å². The van der Waals surface area contributed by atoms with Crippen molar-refractivity contribution in [1.82, 2.24) is 0 Å². The zero-order valence-corrected chi connectivity index (χ0v) is 17.2. The maximum absolute atomic E-state index is 12.4. The Morgan fingerprint density at radius 1 is 0.767 bits per heavy atom. The third-order valence-electron chi connectivity index (χ3n) is 4.41. The van der Waals surface area contributed by atoms with Gasteiger partial charge in [0, 0.05) is 5.56 Å². The Kier molecular flexibility index (Phi) is 7.16. The van der Waals surface area contributed by atoms with Gasteiger partial charge < -0.3 is 23.7 Å². The average Bonchev–Trinajstić information content (AvgIpc) is 2.78. The molecule has 0 saturated heterocycles. The van der Waals surface area contributed by atoms with E-state index in [1.54, 1.807) is 12.1 Å². The molecular formula is C24H24O6. The number of rotatable bonds is 9. The van der Waals surface area contributed by atoms with E-state index in [9.17, 15) is 4.79 Å². The predicted octanol–water partition coefficient (Wildman–Crippen LogP) is 4.79. The highest BCUT2D eigenvalue weighted by molar-refractivity contribution is 5.73. The van der Waals surface area contributed by atoms with Crippen molar-refractivity contribution in [3.63, 3.8) is 0 Å². The van der Waals surface area contributed by atoms with Crippen molar-refractivity contribution in [1.29, 1.82) is 0 Å². The lowest BCUT2D eigenvalue weighted by atomic mass is 10.1. The molecule has 0 bridgehead atoms. The quantitative estimate of drug-likeness (QED) is 0.475. The predicted molar refractivity (Wildman–Crippen MR) is 113 cm³/mol. The molecule has 0 saturated carbocycles. The van der Waals surface area contributed by atoms with Crippen LogP contribution in [0.5, 0.6) is 28.7 Å². The summed E-state index contributed by atoms with van der Waals surface area (Å²) in [4.78, 5) is 12.4. The van der Waals surface area contributed by atoms with Crippen molar-refractivity contribution in [2.24, 2.45) is 0 Å². The Morgan fingerprint density at radius 2 is 1.40 bits per heavy atom. The lowest BCUT2D eigenvalue weighted by Crippen LogP contribution is -2.09. The van der Waals surface area contributed by atoms with E-state index in [0.29, 0.717) is 34.3 Å². The molecule has 0 heterocycles. The van der Waals surface area contributed by atoms with E-state index < -0.39 is 0 Å². The van der Waals surface area contributed by atoms with Gasteiger partial charge in [-0.15, -0.1) is 0 Å². The minimum atomic E-state index is -0.376. The van der Waals surface area contributed by atoms with E-state index in [4.69, 9.17) is 23.7 Å². The molecule has 6 heteroatoms. The molecule has 3 aromatic rings. The van der Waals surface area contributed by atoms with Gasteiger partial charge in [0.1, 0.15) is 18.1 Å². The molecule has 0 aliphatic carbocycles. The normalized spacial score (nSPS) is 10.2. The van der Waals surface area contributed by atoms with E-state index in [1.807, 2.05) is 54.6 Å². The lowest BCUT2D eigenvalue weighted by molar-refractivity contribution is -0.144. The van der Waals surface area contributed by atoms with Crippen molar-refractivity contribution in [2.45, 2.75) is 13.0 Å². The molecule has 156 valence electrons. The zero-order chi connectivity index (χ0) is 21.3. The van der Waals surface area contributed by atoms with Crippen molar-refractivity contribution in [3.05, 3.63) is 77.9 Å². The highest BCUT2D eigenvalue weighted by atomic mass is 16.5. The van der Waals surface area contributed by atoms with E-state index in [-0.39, 0.29) is 19.0 Å². The number of carbonyl (C=O) groups excluding carboxylic acids is 1. The molecule has 0 atom stereocenters. The Hall–Kier alpha value is -3.67. The summed E-state index contributed by atoms with van der Waals surface area (Å²) in [6.07, 6.45) is 0.0679. The van der Waals surface area contributed by atoms with Crippen LogP contribution < -0.4 is 18.9 Å². The fourth-order valence-electron chi connectivity index (χ4n) is 2.95. The minimum absolute atomic E-state index is 0.0679. The van der Waals surface area contributed by atoms with Crippen LogP contribution in [0, 0.1) is 0 Å². The second-order valence-corrected chi connectivity index (χ2v) is 6.39. The molecule has 30 heavy (non-hydrogen) atoms. The van der Waals surface area contributed by atoms with Crippen molar-refractivity contribution in [3.8, 4) is 28.7 Å². The Bertz CT molecular complexity index is 959. The monoisotopic (exact) mass is 408 g/mol. The molecule has 0 aromatic heterocycles. The van der Waals surface area contributed by atoms with Gasteiger partial charge in [0.2, 0.25) is 5.75 Å². The van der Waals surface area contributed by atoms with Crippen LogP contribution in [0.25, 0.3) is 0 Å². The largest absolute Gasteiger partial charge is 0.493 e. The van der Waals surface area contributed by atoms with Gasteiger partial charge in [-0.05, 0) is 35.9 Å². The van der Waals surface area contributed by atoms with Crippen LogP contribution in [0.3, 0.4) is 0 Å². The first kappa shape index (κ1) is 21.0. The maximum atomic E-state index is 12.4. The highest BCUT2D eigenvalue weighted by Gasteiger charge is 2.16. The summed E-state index contributed by atoms with van der Waals surface area (Å²) in [7, 11) is 4.59. The number of carbonyl (C=O) groups is 1. The van der Waals surface area contributed by atoms with Crippen molar-refractivity contribution >= 4 is 5.97 Å².